The molecule has 8 heteroatoms. The van der Waals surface area contributed by atoms with Gasteiger partial charge in [-0.1, -0.05) is 0 Å². The van der Waals surface area contributed by atoms with Gasteiger partial charge in [-0.2, -0.15) is 0 Å². The number of ether oxygens (including phenoxy) is 3. The van der Waals surface area contributed by atoms with Gasteiger partial charge in [-0.05, 0) is 6.92 Å². The minimum atomic E-state index is -1.48. The molecule has 0 amide bonds. The molecule has 2 rings (SSSR count). The molecule has 7 unspecified atom stereocenters. The Kier molecular flexibility index (Phi) is 4.98. The van der Waals surface area contributed by atoms with Crippen molar-refractivity contribution in [3.8, 4) is 0 Å². The standard InChI is InChI=1S/C12H22O8/c1-6-9(16)3-12(5-14,19-6)20-11-10(17)8(15)2-7(4-13)18-11/h6-11,13-17H,2-5H2,1H3. The minimum absolute atomic E-state index is 0.0249. The van der Waals surface area contributed by atoms with Crippen LogP contribution in [0.1, 0.15) is 19.8 Å². The molecule has 0 spiro atoms. The summed E-state index contributed by atoms with van der Waals surface area (Å²) in [6.07, 6.45) is -5.56. The van der Waals surface area contributed by atoms with Crippen molar-refractivity contribution in [3.63, 3.8) is 0 Å². The summed E-state index contributed by atoms with van der Waals surface area (Å²) in [5.41, 5.74) is 0. The topological polar surface area (TPSA) is 129 Å². The lowest BCUT2D eigenvalue weighted by atomic mass is 10.0. The van der Waals surface area contributed by atoms with Gasteiger partial charge in [0.25, 0.3) is 0 Å². The van der Waals surface area contributed by atoms with E-state index in [1.807, 2.05) is 0 Å². The Bertz CT molecular complexity index is 315. The summed E-state index contributed by atoms with van der Waals surface area (Å²) in [4.78, 5) is 0. The molecule has 2 heterocycles. The van der Waals surface area contributed by atoms with Crippen molar-refractivity contribution in [2.24, 2.45) is 0 Å². The zero-order chi connectivity index (χ0) is 14.9. The molecule has 5 N–H and O–H groups in total. The molecule has 20 heavy (non-hydrogen) atoms. The van der Waals surface area contributed by atoms with E-state index in [4.69, 9.17) is 19.3 Å². The lowest BCUT2D eigenvalue weighted by Gasteiger charge is -2.40. The fraction of sp³-hybridized carbons (Fsp3) is 1.00. The average molecular weight is 294 g/mol. The SMILES string of the molecule is CC1OC(CO)(OC2OC(CO)CC(O)C2O)CC1O. The smallest absolute Gasteiger partial charge is 0.197 e. The quantitative estimate of drug-likeness (QED) is 0.391. The second kappa shape index (κ2) is 6.20. The summed E-state index contributed by atoms with van der Waals surface area (Å²) in [7, 11) is 0. The van der Waals surface area contributed by atoms with Crippen molar-refractivity contribution in [3.05, 3.63) is 0 Å². The molecule has 2 fully saturated rings. The van der Waals surface area contributed by atoms with Gasteiger partial charge in [-0.25, -0.2) is 0 Å². The molecule has 8 nitrogen and oxygen atoms in total. The van der Waals surface area contributed by atoms with Crippen LogP contribution in [0.4, 0.5) is 0 Å². The van der Waals surface area contributed by atoms with Gasteiger partial charge in [-0.3, -0.25) is 0 Å². The van der Waals surface area contributed by atoms with Crippen molar-refractivity contribution < 1.29 is 39.7 Å². The Balaban J connectivity index is 2.06. The second-order valence-electron chi connectivity index (χ2n) is 5.38. The first-order valence-electron chi connectivity index (χ1n) is 6.68. The van der Waals surface area contributed by atoms with Crippen molar-refractivity contribution in [1.29, 1.82) is 0 Å². The number of hydrogen-bond acceptors (Lipinski definition) is 8. The van der Waals surface area contributed by atoms with Crippen LogP contribution in [0.3, 0.4) is 0 Å². The van der Waals surface area contributed by atoms with Crippen molar-refractivity contribution in [1.82, 2.24) is 0 Å². The molecule has 7 atom stereocenters. The van der Waals surface area contributed by atoms with E-state index in [0.717, 1.165) is 0 Å². The fourth-order valence-electron chi connectivity index (χ4n) is 2.51. The zero-order valence-electron chi connectivity index (χ0n) is 11.3. The van der Waals surface area contributed by atoms with E-state index >= 15 is 0 Å². The number of hydrogen-bond donors (Lipinski definition) is 5. The summed E-state index contributed by atoms with van der Waals surface area (Å²) < 4.78 is 16.2. The molecular formula is C12H22O8. The van der Waals surface area contributed by atoms with Crippen molar-refractivity contribution in [2.75, 3.05) is 13.2 Å². The molecule has 0 aromatic carbocycles. The minimum Gasteiger partial charge on any atom is -0.394 e. The maximum absolute atomic E-state index is 9.87. The summed E-state index contributed by atoms with van der Waals surface area (Å²) in [6.45, 7) is 0.783. The van der Waals surface area contributed by atoms with Crippen LogP contribution in [0.25, 0.3) is 0 Å². The highest BCUT2D eigenvalue weighted by Gasteiger charge is 2.49. The molecule has 0 bridgehead atoms. The Labute approximate surface area is 116 Å². The molecule has 0 aromatic heterocycles. The van der Waals surface area contributed by atoms with Crippen LogP contribution in [0.2, 0.25) is 0 Å². The summed E-state index contributed by atoms with van der Waals surface area (Å²) in [6, 6.07) is 0. The molecule has 2 saturated heterocycles. The lowest BCUT2D eigenvalue weighted by molar-refractivity contribution is -0.358. The van der Waals surface area contributed by atoms with Crippen LogP contribution >= 0.6 is 0 Å². The third-order valence-electron chi connectivity index (χ3n) is 3.74. The van der Waals surface area contributed by atoms with Gasteiger partial charge in [0.05, 0.1) is 37.6 Å². The van der Waals surface area contributed by atoms with E-state index in [-0.39, 0.29) is 19.4 Å². The van der Waals surface area contributed by atoms with Crippen LogP contribution in [0.15, 0.2) is 0 Å². The molecule has 0 aliphatic carbocycles. The Morgan fingerprint density at radius 1 is 1.20 bits per heavy atom. The molecule has 2 aliphatic heterocycles. The molecule has 0 saturated carbocycles. The van der Waals surface area contributed by atoms with Gasteiger partial charge >= 0.3 is 0 Å². The van der Waals surface area contributed by atoms with Gasteiger partial charge in [0.1, 0.15) is 6.10 Å². The molecule has 2 aliphatic rings. The van der Waals surface area contributed by atoms with Gasteiger partial charge in [0.2, 0.25) is 0 Å². The van der Waals surface area contributed by atoms with Crippen LogP contribution in [0, 0.1) is 0 Å². The van der Waals surface area contributed by atoms with Crippen molar-refractivity contribution in [2.45, 2.75) is 62.4 Å². The maximum atomic E-state index is 9.87. The van der Waals surface area contributed by atoms with Crippen LogP contribution in [-0.4, -0.2) is 81.3 Å². The Morgan fingerprint density at radius 2 is 1.90 bits per heavy atom. The van der Waals surface area contributed by atoms with E-state index in [0.29, 0.717) is 0 Å². The molecular weight excluding hydrogens is 272 g/mol. The first kappa shape index (κ1) is 16.1. The third kappa shape index (κ3) is 3.12. The highest BCUT2D eigenvalue weighted by atomic mass is 16.8. The molecule has 0 radical (unpaired) electrons. The highest BCUT2D eigenvalue weighted by Crippen LogP contribution is 2.35. The second-order valence-corrected chi connectivity index (χ2v) is 5.38. The monoisotopic (exact) mass is 294 g/mol. The average Bonchev–Trinajstić information content (AvgIpc) is 2.70. The van der Waals surface area contributed by atoms with Gasteiger partial charge in [-0.15, -0.1) is 0 Å². The summed E-state index contributed by atoms with van der Waals surface area (Å²) in [5.74, 6) is -1.48. The predicted molar refractivity (Wildman–Crippen MR) is 64.5 cm³/mol. The predicted octanol–water partition coefficient (Wildman–Crippen LogP) is -2.31. The van der Waals surface area contributed by atoms with E-state index in [9.17, 15) is 20.4 Å². The number of aliphatic hydroxyl groups excluding tert-OH is 5. The largest absolute Gasteiger partial charge is 0.394 e. The number of aliphatic hydroxyl groups is 5. The van der Waals surface area contributed by atoms with Gasteiger partial charge < -0.3 is 39.7 Å². The summed E-state index contributed by atoms with van der Waals surface area (Å²) in [5, 5.41) is 47.8. The van der Waals surface area contributed by atoms with Gasteiger partial charge in [0, 0.05) is 12.8 Å². The lowest BCUT2D eigenvalue weighted by Crippen LogP contribution is -2.54. The normalized spacial score (nSPS) is 49.5. The van der Waals surface area contributed by atoms with E-state index < -0.39 is 49.2 Å². The molecule has 0 aromatic rings. The highest BCUT2D eigenvalue weighted by molar-refractivity contribution is 4.89. The Hall–Kier alpha value is -0.320. The third-order valence-corrected chi connectivity index (χ3v) is 3.74. The fourth-order valence-corrected chi connectivity index (χ4v) is 2.51. The zero-order valence-corrected chi connectivity index (χ0v) is 11.3. The van der Waals surface area contributed by atoms with E-state index in [1.165, 1.54) is 0 Å². The van der Waals surface area contributed by atoms with E-state index in [2.05, 4.69) is 0 Å². The van der Waals surface area contributed by atoms with Crippen LogP contribution in [-0.2, 0) is 14.2 Å². The number of rotatable bonds is 4. The van der Waals surface area contributed by atoms with Crippen molar-refractivity contribution >= 4 is 0 Å². The van der Waals surface area contributed by atoms with Crippen LogP contribution in [0.5, 0.6) is 0 Å². The first-order chi connectivity index (χ1) is 9.40. The maximum Gasteiger partial charge on any atom is 0.197 e. The van der Waals surface area contributed by atoms with E-state index in [1.54, 1.807) is 6.92 Å². The summed E-state index contributed by atoms with van der Waals surface area (Å²) >= 11 is 0. The Morgan fingerprint density at radius 3 is 2.40 bits per heavy atom. The first-order valence-corrected chi connectivity index (χ1v) is 6.68. The van der Waals surface area contributed by atoms with Gasteiger partial charge in [0.15, 0.2) is 12.1 Å². The van der Waals surface area contributed by atoms with Crippen LogP contribution < -0.4 is 0 Å². The molecule has 118 valence electrons.